The molecular formula is C11H21NO3. The first-order chi connectivity index (χ1) is 7.40. The van der Waals surface area contributed by atoms with Gasteiger partial charge in [-0.15, -0.1) is 0 Å². The van der Waals surface area contributed by atoms with Gasteiger partial charge >= 0.3 is 0 Å². The number of hydrogen-bond donors (Lipinski definition) is 1. The van der Waals surface area contributed by atoms with Gasteiger partial charge in [0.05, 0.1) is 18.8 Å². The molecule has 0 aromatic heterocycles. The molecular weight excluding hydrogens is 194 g/mol. The van der Waals surface area contributed by atoms with E-state index in [2.05, 4.69) is 5.32 Å². The Hall–Kier alpha value is -0.160. The average Bonchev–Trinajstić information content (AvgIpc) is 2.75. The maximum Gasteiger partial charge on any atom is 0.147 e. The Morgan fingerprint density at radius 2 is 2.27 bits per heavy atom. The van der Waals surface area contributed by atoms with Gasteiger partial charge in [-0.25, -0.2) is 0 Å². The van der Waals surface area contributed by atoms with Crippen molar-refractivity contribution in [3.8, 4) is 0 Å². The Kier molecular flexibility index (Phi) is 4.38. The molecule has 0 amide bonds. The molecule has 2 rings (SSSR count). The summed E-state index contributed by atoms with van der Waals surface area (Å²) in [7, 11) is 1.80. The summed E-state index contributed by atoms with van der Waals surface area (Å²) in [5.41, 5.74) is 0. The summed E-state index contributed by atoms with van der Waals surface area (Å²) < 4.78 is 16.1. The number of nitrogens with one attached hydrogen (secondary N) is 1. The quantitative estimate of drug-likeness (QED) is 0.756. The minimum Gasteiger partial charge on any atom is -0.380 e. The summed E-state index contributed by atoms with van der Waals surface area (Å²) in [5.74, 6) is 0. The van der Waals surface area contributed by atoms with Gasteiger partial charge in [-0.3, -0.25) is 0 Å². The fraction of sp³-hybridized carbons (Fsp3) is 1.00. The van der Waals surface area contributed by atoms with E-state index in [1.54, 1.807) is 7.11 Å². The van der Waals surface area contributed by atoms with E-state index in [0.717, 1.165) is 19.6 Å². The Morgan fingerprint density at radius 1 is 1.33 bits per heavy atom. The third-order valence-corrected chi connectivity index (χ3v) is 3.33. The van der Waals surface area contributed by atoms with Crippen molar-refractivity contribution in [2.45, 2.75) is 43.9 Å². The first-order valence-corrected chi connectivity index (χ1v) is 5.85. The van der Waals surface area contributed by atoms with Crippen LogP contribution in [0.25, 0.3) is 0 Å². The monoisotopic (exact) mass is 215 g/mol. The lowest BCUT2D eigenvalue weighted by atomic mass is 10.2. The lowest BCUT2D eigenvalue weighted by Gasteiger charge is -2.26. The Bertz CT molecular complexity index is 183. The molecule has 2 aliphatic rings. The van der Waals surface area contributed by atoms with E-state index in [0.29, 0.717) is 25.0 Å². The van der Waals surface area contributed by atoms with Gasteiger partial charge < -0.3 is 19.5 Å². The lowest BCUT2D eigenvalue weighted by Crippen LogP contribution is -2.43. The van der Waals surface area contributed by atoms with Gasteiger partial charge in [0.15, 0.2) is 0 Å². The largest absolute Gasteiger partial charge is 0.380 e. The molecule has 1 aliphatic heterocycles. The van der Waals surface area contributed by atoms with Crippen LogP contribution in [0.4, 0.5) is 0 Å². The second-order valence-corrected chi connectivity index (χ2v) is 4.32. The molecule has 1 saturated heterocycles. The highest BCUT2D eigenvalue weighted by molar-refractivity contribution is 4.84. The molecule has 1 aliphatic carbocycles. The normalized spacial score (nSPS) is 37.0. The molecule has 3 atom stereocenters. The highest BCUT2D eigenvalue weighted by atomic mass is 16.7. The molecule has 4 nitrogen and oxygen atoms in total. The highest BCUT2D eigenvalue weighted by Gasteiger charge is 2.27. The molecule has 2 fully saturated rings. The van der Waals surface area contributed by atoms with Gasteiger partial charge in [0.1, 0.15) is 6.79 Å². The van der Waals surface area contributed by atoms with Crippen molar-refractivity contribution >= 4 is 0 Å². The molecule has 0 aromatic rings. The van der Waals surface area contributed by atoms with E-state index in [-0.39, 0.29) is 0 Å². The van der Waals surface area contributed by atoms with Crippen LogP contribution in [0.3, 0.4) is 0 Å². The van der Waals surface area contributed by atoms with Crippen LogP contribution in [0.1, 0.15) is 25.7 Å². The zero-order valence-corrected chi connectivity index (χ0v) is 9.41. The Morgan fingerprint density at radius 3 is 3.00 bits per heavy atom. The van der Waals surface area contributed by atoms with Gasteiger partial charge in [-0.2, -0.15) is 0 Å². The van der Waals surface area contributed by atoms with E-state index in [1.807, 2.05) is 0 Å². The van der Waals surface area contributed by atoms with Crippen LogP contribution in [0, 0.1) is 0 Å². The zero-order chi connectivity index (χ0) is 10.5. The van der Waals surface area contributed by atoms with Crippen LogP contribution in [-0.4, -0.2) is 45.3 Å². The number of methoxy groups -OCH3 is 1. The summed E-state index contributed by atoms with van der Waals surface area (Å²) in [6, 6.07) is 0.515. The average molecular weight is 215 g/mol. The van der Waals surface area contributed by atoms with Crippen molar-refractivity contribution in [3.63, 3.8) is 0 Å². The molecule has 1 saturated carbocycles. The predicted molar refractivity (Wildman–Crippen MR) is 56.7 cm³/mol. The van der Waals surface area contributed by atoms with Crippen LogP contribution in [0.2, 0.25) is 0 Å². The van der Waals surface area contributed by atoms with Crippen molar-refractivity contribution in [1.82, 2.24) is 5.32 Å². The maximum atomic E-state index is 5.48. The number of rotatable bonds is 4. The van der Waals surface area contributed by atoms with Crippen LogP contribution >= 0.6 is 0 Å². The van der Waals surface area contributed by atoms with E-state index < -0.39 is 0 Å². The zero-order valence-electron chi connectivity index (χ0n) is 9.41. The van der Waals surface area contributed by atoms with E-state index >= 15 is 0 Å². The third kappa shape index (κ3) is 3.14. The van der Waals surface area contributed by atoms with Crippen molar-refractivity contribution in [2.24, 2.45) is 0 Å². The minimum absolute atomic E-state index is 0.317. The molecule has 88 valence electrons. The molecule has 0 spiro atoms. The third-order valence-electron chi connectivity index (χ3n) is 3.33. The second-order valence-electron chi connectivity index (χ2n) is 4.32. The smallest absolute Gasteiger partial charge is 0.147 e. The summed E-state index contributed by atoms with van der Waals surface area (Å²) in [5, 5.41) is 3.55. The maximum absolute atomic E-state index is 5.48. The fourth-order valence-electron chi connectivity index (χ4n) is 2.39. The molecule has 4 heteroatoms. The molecule has 0 bridgehead atoms. The van der Waals surface area contributed by atoms with Crippen LogP contribution in [0.5, 0.6) is 0 Å². The molecule has 15 heavy (non-hydrogen) atoms. The van der Waals surface area contributed by atoms with E-state index in [9.17, 15) is 0 Å². The molecule has 3 unspecified atom stereocenters. The van der Waals surface area contributed by atoms with Gasteiger partial charge in [0.2, 0.25) is 0 Å². The van der Waals surface area contributed by atoms with Crippen molar-refractivity contribution < 1.29 is 14.2 Å². The standard InChI is InChI=1S/C11H21NO3/c1-13-11-4-2-3-10(11)12-7-9-5-6-14-8-15-9/h9-12H,2-8H2,1H3. The summed E-state index contributed by atoms with van der Waals surface area (Å²) in [6.45, 7) is 2.20. The minimum atomic E-state index is 0.317. The van der Waals surface area contributed by atoms with Gasteiger partial charge in [0, 0.05) is 19.7 Å². The first kappa shape index (κ1) is 11.3. The van der Waals surface area contributed by atoms with Crippen LogP contribution in [-0.2, 0) is 14.2 Å². The van der Waals surface area contributed by atoms with Crippen LogP contribution in [0.15, 0.2) is 0 Å². The van der Waals surface area contributed by atoms with Gasteiger partial charge in [-0.05, 0) is 25.7 Å². The van der Waals surface area contributed by atoms with E-state index in [1.165, 1.54) is 19.3 Å². The first-order valence-electron chi connectivity index (χ1n) is 5.85. The van der Waals surface area contributed by atoms with E-state index in [4.69, 9.17) is 14.2 Å². The van der Waals surface area contributed by atoms with Gasteiger partial charge in [-0.1, -0.05) is 0 Å². The topological polar surface area (TPSA) is 39.7 Å². The highest BCUT2D eigenvalue weighted by Crippen LogP contribution is 2.21. The second kappa shape index (κ2) is 5.80. The van der Waals surface area contributed by atoms with Crippen molar-refractivity contribution in [1.29, 1.82) is 0 Å². The molecule has 1 N–H and O–H groups in total. The summed E-state index contributed by atoms with van der Waals surface area (Å²) in [6.07, 6.45) is 5.38. The Balaban J connectivity index is 1.67. The number of ether oxygens (including phenoxy) is 3. The fourth-order valence-corrected chi connectivity index (χ4v) is 2.39. The van der Waals surface area contributed by atoms with Crippen molar-refractivity contribution in [3.05, 3.63) is 0 Å². The summed E-state index contributed by atoms with van der Waals surface area (Å²) in [4.78, 5) is 0. The predicted octanol–water partition coefficient (Wildman–Crippen LogP) is 0.906. The molecule has 1 heterocycles. The van der Waals surface area contributed by atoms with Gasteiger partial charge in [0.25, 0.3) is 0 Å². The summed E-state index contributed by atoms with van der Waals surface area (Å²) >= 11 is 0. The molecule has 0 aromatic carbocycles. The SMILES string of the molecule is COC1CCCC1NCC1CCOCO1. The van der Waals surface area contributed by atoms with Crippen LogP contribution < -0.4 is 5.32 Å². The molecule has 0 radical (unpaired) electrons. The van der Waals surface area contributed by atoms with Crippen molar-refractivity contribution in [2.75, 3.05) is 27.1 Å². The number of hydrogen-bond acceptors (Lipinski definition) is 4. The lowest BCUT2D eigenvalue weighted by molar-refractivity contribution is -0.138. The Labute approximate surface area is 91.3 Å².